The van der Waals surface area contributed by atoms with Crippen LogP contribution in [0.2, 0.25) is 10.0 Å². The lowest BCUT2D eigenvalue weighted by Crippen LogP contribution is -2.37. The number of likely N-dealkylation sites (N-methyl/N-ethyl adjacent to an activating group) is 1. The van der Waals surface area contributed by atoms with Gasteiger partial charge in [-0.05, 0) is 32.0 Å². The molecule has 2 rings (SSSR count). The molecular formula is C15H16Cl2N2O2S. The van der Waals surface area contributed by atoms with Crippen LogP contribution in [0.1, 0.15) is 16.8 Å². The van der Waals surface area contributed by atoms with Gasteiger partial charge in [-0.3, -0.25) is 4.79 Å². The van der Waals surface area contributed by atoms with E-state index >= 15 is 0 Å². The van der Waals surface area contributed by atoms with Gasteiger partial charge in [0.05, 0.1) is 16.6 Å². The second kappa shape index (κ2) is 7.31. The van der Waals surface area contributed by atoms with Crippen molar-refractivity contribution in [3.63, 3.8) is 0 Å². The zero-order valence-corrected chi connectivity index (χ0v) is 14.8. The van der Waals surface area contributed by atoms with Crippen molar-refractivity contribution in [3.8, 4) is 5.75 Å². The van der Waals surface area contributed by atoms with Gasteiger partial charge in [0, 0.05) is 23.1 Å². The summed E-state index contributed by atoms with van der Waals surface area (Å²) in [6.07, 6.45) is 1.14. The van der Waals surface area contributed by atoms with Crippen molar-refractivity contribution in [2.45, 2.75) is 26.5 Å². The molecular weight excluding hydrogens is 343 g/mol. The first-order valence-corrected chi connectivity index (χ1v) is 8.22. The van der Waals surface area contributed by atoms with Gasteiger partial charge in [-0.1, -0.05) is 23.2 Å². The Labute approximate surface area is 143 Å². The molecule has 1 unspecified atom stereocenters. The van der Waals surface area contributed by atoms with E-state index in [4.69, 9.17) is 27.9 Å². The largest absolute Gasteiger partial charge is 0.479 e. The molecule has 0 fully saturated rings. The van der Waals surface area contributed by atoms with Gasteiger partial charge in [-0.2, -0.15) is 0 Å². The van der Waals surface area contributed by atoms with Crippen LogP contribution in [-0.2, 0) is 11.3 Å². The molecule has 22 heavy (non-hydrogen) atoms. The van der Waals surface area contributed by atoms with Crippen LogP contribution < -0.4 is 4.74 Å². The third kappa shape index (κ3) is 4.35. The van der Waals surface area contributed by atoms with Crippen molar-refractivity contribution >= 4 is 40.4 Å². The first kappa shape index (κ1) is 17.1. The molecule has 0 N–H and O–H groups in total. The monoisotopic (exact) mass is 358 g/mol. The fraction of sp³-hybridized carbons (Fsp3) is 0.333. The molecule has 2 aromatic rings. The number of benzene rings is 1. The zero-order valence-electron chi connectivity index (χ0n) is 12.5. The molecule has 1 aromatic carbocycles. The Morgan fingerprint density at radius 3 is 2.77 bits per heavy atom. The summed E-state index contributed by atoms with van der Waals surface area (Å²) < 4.78 is 5.63. The van der Waals surface area contributed by atoms with Crippen LogP contribution >= 0.6 is 34.5 Å². The molecule has 1 amide bonds. The topological polar surface area (TPSA) is 42.4 Å². The molecule has 0 spiro atoms. The summed E-state index contributed by atoms with van der Waals surface area (Å²) in [5, 5.41) is 1.88. The van der Waals surface area contributed by atoms with Gasteiger partial charge in [-0.25, -0.2) is 4.98 Å². The molecule has 0 aliphatic heterocycles. The number of halogens is 2. The van der Waals surface area contributed by atoms with Gasteiger partial charge < -0.3 is 9.64 Å². The Morgan fingerprint density at radius 1 is 1.45 bits per heavy atom. The molecule has 0 bridgehead atoms. The number of aryl methyl sites for hydroxylation is 1. The van der Waals surface area contributed by atoms with Gasteiger partial charge in [0.25, 0.3) is 5.91 Å². The van der Waals surface area contributed by atoms with E-state index in [9.17, 15) is 4.79 Å². The summed E-state index contributed by atoms with van der Waals surface area (Å²) in [5.41, 5.74) is 0. The second-order valence-electron chi connectivity index (χ2n) is 4.87. The van der Waals surface area contributed by atoms with E-state index in [0.29, 0.717) is 22.3 Å². The lowest BCUT2D eigenvalue weighted by Gasteiger charge is -2.22. The molecule has 0 aliphatic rings. The summed E-state index contributed by atoms with van der Waals surface area (Å²) in [6.45, 7) is 4.14. The molecule has 7 heteroatoms. The minimum absolute atomic E-state index is 0.128. The van der Waals surface area contributed by atoms with E-state index in [0.717, 1.165) is 9.88 Å². The van der Waals surface area contributed by atoms with Gasteiger partial charge >= 0.3 is 0 Å². The molecule has 0 saturated carbocycles. The quantitative estimate of drug-likeness (QED) is 0.804. The van der Waals surface area contributed by atoms with Crippen molar-refractivity contribution in [2.24, 2.45) is 0 Å². The lowest BCUT2D eigenvalue weighted by atomic mass is 10.3. The highest BCUT2D eigenvalue weighted by Crippen LogP contribution is 2.28. The third-order valence-corrected chi connectivity index (χ3v) is 4.41. The highest BCUT2D eigenvalue weighted by Gasteiger charge is 2.21. The number of rotatable bonds is 5. The Morgan fingerprint density at radius 2 is 2.18 bits per heavy atom. The fourth-order valence-electron chi connectivity index (χ4n) is 1.91. The molecule has 118 valence electrons. The predicted octanol–water partition coefficient (Wildman–Crippen LogP) is 4.18. The van der Waals surface area contributed by atoms with E-state index in [2.05, 4.69) is 4.98 Å². The summed E-state index contributed by atoms with van der Waals surface area (Å²) >= 11 is 13.5. The summed E-state index contributed by atoms with van der Waals surface area (Å²) in [6, 6.07) is 4.91. The minimum Gasteiger partial charge on any atom is -0.479 e. The highest BCUT2D eigenvalue weighted by atomic mass is 35.5. The zero-order chi connectivity index (χ0) is 16.3. The van der Waals surface area contributed by atoms with Crippen molar-refractivity contribution in [3.05, 3.63) is 44.3 Å². The van der Waals surface area contributed by atoms with Crippen LogP contribution in [0, 0.1) is 6.92 Å². The first-order valence-electron chi connectivity index (χ1n) is 6.65. The molecule has 0 saturated heterocycles. The minimum atomic E-state index is -0.641. The number of nitrogens with zero attached hydrogens (tertiary/aromatic N) is 2. The van der Waals surface area contributed by atoms with E-state index in [-0.39, 0.29) is 5.91 Å². The van der Waals surface area contributed by atoms with Crippen LogP contribution in [0.15, 0.2) is 24.4 Å². The van der Waals surface area contributed by atoms with Gasteiger partial charge in [-0.15, -0.1) is 11.3 Å². The Bertz CT molecular complexity index is 675. The SMILES string of the molecule is Cc1ncc(CN(C)C(=O)C(C)Oc2ccc(Cl)cc2Cl)s1. The van der Waals surface area contributed by atoms with Gasteiger partial charge in [0.15, 0.2) is 6.10 Å². The number of carbonyl (C=O) groups excluding carboxylic acids is 1. The standard InChI is InChI=1S/C15H16Cl2N2O2S/c1-9(21-14-5-4-11(16)6-13(14)17)15(20)19(3)8-12-7-18-10(2)22-12/h4-7,9H,8H2,1-3H3. The maximum atomic E-state index is 12.4. The van der Waals surface area contributed by atoms with Crippen molar-refractivity contribution in [2.75, 3.05) is 7.05 Å². The molecule has 1 aromatic heterocycles. The van der Waals surface area contributed by atoms with E-state index < -0.39 is 6.10 Å². The number of amides is 1. The average molecular weight is 359 g/mol. The van der Waals surface area contributed by atoms with Crippen LogP contribution in [0.3, 0.4) is 0 Å². The molecule has 4 nitrogen and oxygen atoms in total. The van der Waals surface area contributed by atoms with Gasteiger partial charge in [0.1, 0.15) is 5.75 Å². The predicted molar refractivity (Wildman–Crippen MR) is 89.9 cm³/mol. The van der Waals surface area contributed by atoms with Crippen LogP contribution in [0.5, 0.6) is 5.75 Å². The lowest BCUT2D eigenvalue weighted by molar-refractivity contribution is -0.137. The second-order valence-corrected chi connectivity index (χ2v) is 7.04. The molecule has 0 radical (unpaired) electrons. The number of hydrogen-bond acceptors (Lipinski definition) is 4. The Balaban J connectivity index is 1.98. The van der Waals surface area contributed by atoms with Crippen LogP contribution in [-0.4, -0.2) is 28.9 Å². The molecule has 1 atom stereocenters. The average Bonchev–Trinajstić information content (AvgIpc) is 2.86. The van der Waals surface area contributed by atoms with Crippen LogP contribution in [0.25, 0.3) is 0 Å². The molecule has 0 aliphatic carbocycles. The molecule has 1 heterocycles. The maximum absolute atomic E-state index is 12.4. The number of thiazole rings is 1. The Kier molecular flexibility index (Phi) is 5.67. The van der Waals surface area contributed by atoms with Crippen molar-refractivity contribution in [1.82, 2.24) is 9.88 Å². The summed E-state index contributed by atoms with van der Waals surface area (Å²) in [4.78, 5) is 19.2. The van der Waals surface area contributed by atoms with Crippen molar-refractivity contribution < 1.29 is 9.53 Å². The Hall–Kier alpha value is -1.30. The first-order chi connectivity index (χ1) is 10.4. The smallest absolute Gasteiger partial charge is 0.263 e. The van der Waals surface area contributed by atoms with Gasteiger partial charge in [0.2, 0.25) is 0 Å². The van der Waals surface area contributed by atoms with Crippen molar-refractivity contribution in [1.29, 1.82) is 0 Å². The number of hydrogen-bond donors (Lipinski definition) is 0. The van der Waals surface area contributed by atoms with E-state index in [1.807, 2.05) is 6.92 Å². The van der Waals surface area contributed by atoms with E-state index in [1.165, 1.54) is 0 Å². The summed E-state index contributed by atoms with van der Waals surface area (Å²) in [5.74, 6) is 0.311. The summed E-state index contributed by atoms with van der Waals surface area (Å²) in [7, 11) is 1.74. The number of carbonyl (C=O) groups is 1. The van der Waals surface area contributed by atoms with Crippen LogP contribution in [0.4, 0.5) is 0 Å². The highest BCUT2D eigenvalue weighted by molar-refractivity contribution is 7.11. The van der Waals surface area contributed by atoms with E-state index in [1.54, 1.807) is 54.6 Å². The normalized spacial score (nSPS) is 12.0. The third-order valence-electron chi connectivity index (χ3n) is 2.98. The number of aromatic nitrogens is 1. The fourth-order valence-corrected chi connectivity index (χ4v) is 3.21. The number of ether oxygens (including phenoxy) is 1. The maximum Gasteiger partial charge on any atom is 0.263 e.